The number of rotatable bonds is 2. The summed E-state index contributed by atoms with van der Waals surface area (Å²) in [6, 6.07) is 4.09. The van der Waals surface area contributed by atoms with Crippen LogP contribution in [-0.2, 0) is 6.42 Å². The fraction of sp³-hybridized carbons (Fsp3) is 0.154. The van der Waals surface area contributed by atoms with E-state index in [4.69, 9.17) is 11.6 Å². The highest BCUT2D eigenvalue weighted by Gasteiger charge is 2.13. The highest BCUT2D eigenvalue weighted by molar-refractivity contribution is 9.10. The summed E-state index contributed by atoms with van der Waals surface area (Å²) in [5.74, 6) is 0. The molecule has 0 bridgehead atoms. The average Bonchev–Trinajstić information content (AvgIpc) is 2.85. The highest BCUT2D eigenvalue weighted by atomic mass is 79.9. The van der Waals surface area contributed by atoms with Crippen molar-refractivity contribution in [1.29, 1.82) is 0 Å². The smallest absolute Gasteiger partial charge is 0.223 e. The molecule has 96 valence electrons. The van der Waals surface area contributed by atoms with Gasteiger partial charge in [-0.1, -0.05) is 13.0 Å². The number of hydrogen-bond acceptors (Lipinski definition) is 3. The van der Waals surface area contributed by atoms with E-state index in [1.165, 1.54) is 5.56 Å². The molecule has 3 heterocycles. The summed E-state index contributed by atoms with van der Waals surface area (Å²) in [5, 5.41) is 0.222. The Morgan fingerprint density at radius 1 is 1.32 bits per heavy atom. The lowest BCUT2D eigenvalue weighted by Gasteiger charge is -2.05. The maximum atomic E-state index is 5.87. The van der Waals surface area contributed by atoms with E-state index in [9.17, 15) is 0 Å². The van der Waals surface area contributed by atoms with Crippen molar-refractivity contribution in [2.45, 2.75) is 13.3 Å². The first kappa shape index (κ1) is 12.6. The molecular formula is C13H10BrClN4. The molecule has 0 aromatic carbocycles. The molecule has 0 saturated heterocycles. The molecule has 0 atom stereocenters. The van der Waals surface area contributed by atoms with Gasteiger partial charge in [0.15, 0.2) is 0 Å². The zero-order valence-electron chi connectivity index (χ0n) is 10.1. The minimum atomic E-state index is 0.222. The van der Waals surface area contributed by atoms with Gasteiger partial charge in [0.25, 0.3) is 0 Å². The van der Waals surface area contributed by atoms with Crippen molar-refractivity contribution in [3.63, 3.8) is 0 Å². The van der Waals surface area contributed by atoms with Crippen LogP contribution in [0.15, 0.2) is 35.2 Å². The molecule has 3 aromatic heterocycles. The van der Waals surface area contributed by atoms with Crippen molar-refractivity contribution in [3.05, 3.63) is 46.0 Å². The van der Waals surface area contributed by atoms with Crippen LogP contribution >= 0.6 is 27.5 Å². The van der Waals surface area contributed by atoms with Crippen LogP contribution in [0.1, 0.15) is 12.5 Å². The molecule has 3 aromatic rings. The van der Waals surface area contributed by atoms with Gasteiger partial charge in [-0.2, -0.15) is 0 Å². The Labute approximate surface area is 123 Å². The van der Waals surface area contributed by atoms with Gasteiger partial charge in [0.1, 0.15) is 11.3 Å². The fourth-order valence-electron chi connectivity index (χ4n) is 2.05. The zero-order chi connectivity index (χ0) is 13.4. The van der Waals surface area contributed by atoms with Crippen molar-refractivity contribution in [2.24, 2.45) is 0 Å². The Kier molecular flexibility index (Phi) is 3.24. The maximum Gasteiger partial charge on any atom is 0.223 e. The van der Waals surface area contributed by atoms with E-state index >= 15 is 0 Å². The van der Waals surface area contributed by atoms with Gasteiger partial charge in [0.2, 0.25) is 5.28 Å². The number of pyridine rings is 1. The van der Waals surface area contributed by atoms with Crippen molar-refractivity contribution in [1.82, 2.24) is 19.4 Å². The van der Waals surface area contributed by atoms with E-state index < -0.39 is 0 Å². The molecule has 0 amide bonds. The number of halogens is 2. The van der Waals surface area contributed by atoms with E-state index in [1.54, 1.807) is 12.4 Å². The zero-order valence-corrected chi connectivity index (χ0v) is 12.5. The molecule has 6 heteroatoms. The van der Waals surface area contributed by atoms with Crippen molar-refractivity contribution >= 4 is 33.2 Å². The van der Waals surface area contributed by atoms with E-state index in [-0.39, 0.29) is 5.28 Å². The molecule has 0 fully saturated rings. The Morgan fingerprint density at radius 3 is 2.95 bits per heavy atom. The van der Waals surface area contributed by atoms with Gasteiger partial charge in [-0.3, -0.25) is 4.40 Å². The van der Waals surface area contributed by atoms with Gasteiger partial charge in [-0.05, 0) is 45.6 Å². The predicted molar refractivity (Wildman–Crippen MR) is 78.3 cm³/mol. The van der Waals surface area contributed by atoms with Crippen LogP contribution in [0.2, 0.25) is 5.28 Å². The summed E-state index contributed by atoms with van der Waals surface area (Å²) in [6.45, 7) is 2.11. The second kappa shape index (κ2) is 4.90. The molecule has 0 aliphatic rings. The van der Waals surface area contributed by atoms with Crippen LogP contribution in [0.4, 0.5) is 0 Å². The summed E-state index contributed by atoms with van der Waals surface area (Å²) in [6.07, 6.45) is 6.36. The first-order valence-electron chi connectivity index (χ1n) is 5.84. The van der Waals surface area contributed by atoms with E-state index in [2.05, 4.69) is 43.9 Å². The lowest BCUT2D eigenvalue weighted by atomic mass is 10.2. The third kappa shape index (κ3) is 2.13. The Hall–Kier alpha value is -1.46. The predicted octanol–water partition coefficient (Wildman–Crippen LogP) is 3.77. The number of fused-ring (bicyclic) bond motifs is 1. The number of aryl methyl sites for hydroxylation is 1. The normalized spacial score (nSPS) is 11.1. The van der Waals surface area contributed by atoms with Crippen LogP contribution < -0.4 is 0 Å². The summed E-state index contributed by atoms with van der Waals surface area (Å²) >= 11 is 9.32. The van der Waals surface area contributed by atoms with E-state index in [0.29, 0.717) is 0 Å². The second-order valence-electron chi connectivity index (χ2n) is 4.06. The highest BCUT2D eigenvalue weighted by Crippen LogP contribution is 2.28. The van der Waals surface area contributed by atoms with Crippen LogP contribution in [-0.4, -0.2) is 19.4 Å². The van der Waals surface area contributed by atoms with Crippen LogP contribution in [0.25, 0.3) is 17.0 Å². The Balaban J connectivity index is 2.29. The molecular weight excluding hydrogens is 328 g/mol. The van der Waals surface area contributed by atoms with Gasteiger partial charge in [-0.25, -0.2) is 15.0 Å². The Morgan fingerprint density at radius 2 is 2.16 bits per heavy atom. The number of hydrogen-bond donors (Lipinski definition) is 0. The first-order valence-corrected chi connectivity index (χ1v) is 7.01. The van der Waals surface area contributed by atoms with Gasteiger partial charge < -0.3 is 0 Å². The minimum Gasteiger partial charge on any atom is -0.298 e. The molecule has 0 radical (unpaired) electrons. The largest absolute Gasteiger partial charge is 0.298 e. The molecule has 0 unspecified atom stereocenters. The van der Waals surface area contributed by atoms with Crippen LogP contribution in [0.5, 0.6) is 0 Å². The van der Waals surface area contributed by atoms with E-state index in [1.807, 2.05) is 16.7 Å². The van der Waals surface area contributed by atoms with Gasteiger partial charge >= 0.3 is 0 Å². The van der Waals surface area contributed by atoms with Gasteiger partial charge in [-0.15, -0.1) is 0 Å². The Bertz CT molecular complexity index is 753. The molecule has 19 heavy (non-hydrogen) atoms. The monoisotopic (exact) mass is 336 g/mol. The first-order chi connectivity index (χ1) is 9.20. The van der Waals surface area contributed by atoms with E-state index in [0.717, 1.165) is 27.9 Å². The summed E-state index contributed by atoms with van der Waals surface area (Å²) < 4.78 is 2.81. The lowest BCUT2D eigenvalue weighted by Crippen LogP contribution is -1.95. The topological polar surface area (TPSA) is 43.1 Å². The quantitative estimate of drug-likeness (QED) is 0.669. The number of nitrogens with zero attached hydrogens (tertiary/aromatic N) is 4. The number of imidazole rings is 1. The minimum absolute atomic E-state index is 0.222. The second-order valence-corrected chi connectivity index (χ2v) is 5.25. The summed E-state index contributed by atoms with van der Waals surface area (Å²) in [7, 11) is 0. The van der Waals surface area contributed by atoms with Gasteiger partial charge in [0, 0.05) is 12.4 Å². The lowest BCUT2D eigenvalue weighted by molar-refractivity contribution is 1.07. The standard InChI is InChI=1S/C13H10BrClN4/c1-2-8-4-3-5-19-10(7-16-12(8)19)11-9(14)6-17-13(15)18-11/h3-7H,2H2,1H3. The third-order valence-corrected chi connectivity index (χ3v) is 3.72. The fourth-order valence-corrected chi connectivity index (χ4v) is 2.57. The van der Waals surface area contributed by atoms with Crippen molar-refractivity contribution < 1.29 is 0 Å². The maximum absolute atomic E-state index is 5.87. The third-order valence-electron chi connectivity index (χ3n) is 2.95. The molecule has 3 rings (SSSR count). The molecule has 0 N–H and O–H groups in total. The molecule has 0 aliphatic heterocycles. The molecule has 4 nitrogen and oxygen atoms in total. The molecule has 0 saturated carbocycles. The average molecular weight is 338 g/mol. The number of aromatic nitrogens is 4. The van der Waals surface area contributed by atoms with Gasteiger partial charge in [0.05, 0.1) is 16.4 Å². The van der Waals surface area contributed by atoms with Crippen molar-refractivity contribution in [3.8, 4) is 11.4 Å². The van der Waals surface area contributed by atoms with Crippen LogP contribution in [0, 0.1) is 0 Å². The van der Waals surface area contributed by atoms with Crippen molar-refractivity contribution in [2.75, 3.05) is 0 Å². The SMILES string of the molecule is CCc1cccn2c(-c3nc(Cl)ncc3Br)cnc12. The van der Waals surface area contributed by atoms with Crippen LogP contribution in [0.3, 0.4) is 0 Å². The summed E-state index contributed by atoms with van der Waals surface area (Å²) in [4.78, 5) is 12.7. The molecule has 0 spiro atoms. The summed E-state index contributed by atoms with van der Waals surface area (Å²) in [5.41, 5.74) is 3.77. The molecule has 0 aliphatic carbocycles.